The van der Waals surface area contributed by atoms with Gasteiger partial charge in [-0.15, -0.1) is 0 Å². The zero-order chi connectivity index (χ0) is 28.6. The summed E-state index contributed by atoms with van der Waals surface area (Å²) in [4.78, 5) is 37.6. The second kappa shape index (κ2) is 12.7. The Labute approximate surface area is 222 Å². The van der Waals surface area contributed by atoms with Gasteiger partial charge in [-0.1, -0.05) is 24.3 Å². The molecule has 12 heteroatoms. The molecule has 0 spiro atoms. The number of aliphatic carboxylic acids is 1. The molecule has 0 bridgehead atoms. The van der Waals surface area contributed by atoms with Crippen LogP contribution in [0.15, 0.2) is 72.8 Å². The Balaban J connectivity index is 0.000000532. The van der Waals surface area contributed by atoms with Gasteiger partial charge in [-0.3, -0.25) is 4.79 Å². The fraction of sp³-hybridized carbons (Fsp3) is 0.222. The van der Waals surface area contributed by atoms with Gasteiger partial charge < -0.3 is 30.1 Å². The van der Waals surface area contributed by atoms with E-state index in [2.05, 4.69) is 15.1 Å². The Morgan fingerprint density at radius 3 is 2.03 bits per heavy atom. The number of carbonyl (C=O) groups is 3. The summed E-state index contributed by atoms with van der Waals surface area (Å²) >= 11 is 0. The minimum atomic E-state index is -5.08. The molecule has 1 amide bonds. The zero-order valence-electron chi connectivity index (χ0n) is 20.8. The maximum absolute atomic E-state index is 12.4. The number of nitrogens with one attached hydrogen (secondary N) is 1. The minimum Gasteiger partial charge on any atom is -0.497 e. The minimum absolute atomic E-state index is 0.172. The highest BCUT2D eigenvalue weighted by Gasteiger charge is 2.38. The quantitative estimate of drug-likeness (QED) is 0.411. The molecule has 3 N–H and O–H groups in total. The smallest absolute Gasteiger partial charge is 0.490 e. The van der Waals surface area contributed by atoms with Crippen molar-refractivity contribution in [2.45, 2.75) is 6.18 Å². The monoisotopic (exact) mass is 545 g/mol. The first kappa shape index (κ1) is 28.8. The number of halogens is 3. The van der Waals surface area contributed by atoms with Crippen LogP contribution in [-0.4, -0.2) is 67.5 Å². The number of carboxylic acids is 2. The van der Waals surface area contributed by atoms with Crippen LogP contribution in [0, 0.1) is 0 Å². The predicted molar refractivity (Wildman–Crippen MR) is 139 cm³/mol. The van der Waals surface area contributed by atoms with Gasteiger partial charge in [0.05, 0.1) is 18.4 Å². The van der Waals surface area contributed by atoms with E-state index >= 15 is 0 Å². The van der Waals surface area contributed by atoms with Gasteiger partial charge in [0.25, 0.3) is 5.91 Å². The first-order valence-corrected chi connectivity index (χ1v) is 11.7. The van der Waals surface area contributed by atoms with Crippen molar-refractivity contribution in [3.63, 3.8) is 0 Å². The van der Waals surface area contributed by atoms with Gasteiger partial charge in [0, 0.05) is 49.2 Å². The highest BCUT2D eigenvalue weighted by atomic mass is 19.4. The molecule has 1 saturated heterocycles. The molecule has 1 aliphatic heterocycles. The summed E-state index contributed by atoms with van der Waals surface area (Å²) < 4.78 is 37.0. The molecule has 3 aromatic rings. The number of methoxy groups -OCH3 is 1. The van der Waals surface area contributed by atoms with Crippen molar-refractivity contribution in [1.29, 1.82) is 0 Å². The highest BCUT2D eigenvalue weighted by Crippen LogP contribution is 2.28. The van der Waals surface area contributed by atoms with Crippen molar-refractivity contribution in [2.24, 2.45) is 0 Å². The lowest BCUT2D eigenvalue weighted by molar-refractivity contribution is -0.192. The lowest BCUT2D eigenvalue weighted by atomic mass is 10.1. The van der Waals surface area contributed by atoms with Gasteiger partial charge in [-0.2, -0.15) is 13.2 Å². The van der Waals surface area contributed by atoms with Crippen LogP contribution in [0.2, 0.25) is 0 Å². The van der Waals surface area contributed by atoms with Crippen LogP contribution in [0.1, 0.15) is 20.7 Å². The third kappa shape index (κ3) is 7.87. The number of aromatic carboxylic acids is 1. The van der Waals surface area contributed by atoms with Crippen LogP contribution in [0.3, 0.4) is 0 Å². The Hall–Kier alpha value is -4.74. The van der Waals surface area contributed by atoms with E-state index in [1.165, 1.54) is 6.07 Å². The number of hydrogen-bond donors (Lipinski definition) is 3. The molecule has 3 aromatic carbocycles. The normalized spacial score (nSPS) is 13.1. The highest BCUT2D eigenvalue weighted by molar-refractivity contribution is 6.05. The van der Waals surface area contributed by atoms with Crippen molar-refractivity contribution in [3.8, 4) is 5.75 Å². The molecule has 0 aromatic heterocycles. The molecule has 4 rings (SSSR count). The van der Waals surface area contributed by atoms with Crippen LogP contribution in [0.25, 0.3) is 0 Å². The van der Waals surface area contributed by atoms with E-state index in [9.17, 15) is 27.9 Å². The number of carbonyl (C=O) groups excluding carboxylic acids is 1. The fourth-order valence-electron chi connectivity index (χ4n) is 3.87. The van der Waals surface area contributed by atoms with Gasteiger partial charge in [-0.05, 0) is 42.5 Å². The summed E-state index contributed by atoms with van der Waals surface area (Å²) in [5, 5.41) is 19.7. The third-order valence-corrected chi connectivity index (χ3v) is 5.80. The topological polar surface area (TPSA) is 119 Å². The standard InChI is InChI=1S/C25H25N3O4.C2HF3O2/c1-32-21-9-5-8-20(17-21)27-12-14-28(15-13-27)23-11-10-19(16-22(23)25(30)31)26-24(29)18-6-3-2-4-7-18;3-2(4,5)1(6)7/h2-11,16-17H,12-15H2,1H3,(H,26,29)(H,30,31);(H,6,7). The first-order chi connectivity index (χ1) is 18.5. The molecule has 0 saturated carbocycles. The SMILES string of the molecule is COc1cccc(N2CCN(c3ccc(NC(=O)c4ccccc4)cc3C(=O)O)CC2)c1.O=C(O)C(F)(F)F. The molecule has 0 atom stereocenters. The van der Waals surface area contributed by atoms with Gasteiger partial charge in [-0.25, -0.2) is 9.59 Å². The van der Waals surface area contributed by atoms with Gasteiger partial charge in [0.1, 0.15) is 5.75 Å². The molecular weight excluding hydrogens is 519 g/mol. The van der Waals surface area contributed by atoms with E-state index in [-0.39, 0.29) is 11.5 Å². The maximum atomic E-state index is 12.4. The Bertz CT molecular complexity index is 1310. The van der Waals surface area contributed by atoms with Crippen LogP contribution in [-0.2, 0) is 4.79 Å². The van der Waals surface area contributed by atoms with Gasteiger partial charge in [0.2, 0.25) is 0 Å². The average molecular weight is 546 g/mol. The summed E-state index contributed by atoms with van der Waals surface area (Å²) in [6, 6.07) is 21.8. The van der Waals surface area contributed by atoms with Gasteiger partial charge in [0.15, 0.2) is 0 Å². The number of hydrogen-bond acceptors (Lipinski definition) is 6. The molecule has 0 radical (unpaired) electrons. The van der Waals surface area contributed by atoms with E-state index in [1.807, 2.05) is 30.3 Å². The molecule has 9 nitrogen and oxygen atoms in total. The van der Waals surface area contributed by atoms with Crippen LogP contribution < -0.4 is 19.9 Å². The van der Waals surface area contributed by atoms with E-state index in [0.717, 1.165) is 24.5 Å². The van der Waals surface area contributed by atoms with E-state index in [4.69, 9.17) is 14.6 Å². The van der Waals surface area contributed by atoms with Crippen molar-refractivity contribution in [3.05, 3.63) is 83.9 Å². The summed E-state index contributed by atoms with van der Waals surface area (Å²) in [5.74, 6) is -3.24. The number of benzene rings is 3. The lowest BCUT2D eigenvalue weighted by Gasteiger charge is -2.38. The molecule has 0 aliphatic carbocycles. The predicted octanol–water partition coefficient (Wildman–Crippen LogP) is 4.61. The number of nitrogens with zero attached hydrogens (tertiary/aromatic N) is 2. The third-order valence-electron chi connectivity index (χ3n) is 5.80. The fourth-order valence-corrected chi connectivity index (χ4v) is 3.87. The first-order valence-electron chi connectivity index (χ1n) is 11.7. The van der Waals surface area contributed by atoms with Crippen molar-refractivity contribution >= 4 is 34.9 Å². The van der Waals surface area contributed by atoms with E-state index < -0.39 is 18.1 Å². The summed E-state index contributed by atoms with van der Waals surface area (Å²) in [7, 11) is 1.65. The number of carboxylic acid groups (broad SMARTS) is 2. The molecule has 206 valence electrons. The van der Waals surface area contributed by atoms with E-state index in [0.29, 0.717) is 30.0 Å². The second-order valence-electron chi connectivity index (χ2n) is 8.34. The Kier molecular flexibility index (Phi) is 9.37. The van der Waals surface area contributed by atoms with E-state index in [1.54, 1.807) is 43.5 Å². The summed E-state index contributed by atoms with van der Waals surface area (Å²) in [6.07, 6.45) is -5.08. The Morgan fingerprint density at radius 2 is 1.46 bits per heavy atom. The van der Waals surface area contributed by atoms with Crippen molar-refractivity contribution < 1.29 is 42.5 Å². The summed E-state index contributed by atoms with van der Waals surface area (Å²) in [5.41, 5.74) is 2.88. The summed E-state index contributed by atoms with van der Waals surface area (Å²) in [6.45, 7) is 2.90. The molecule has 39 heavy (non-hydrogen) atoms. The number of piperazine rings is 1. The second-order valence-corrected chi connectivity index (χ2v) is 8.34. The van der Waals surface area contributed by atoms with Crippen LogP contribution in [0.4, 0.5) is 30.2 Å². The van der Waals surface area contributed by atoms with Crippen LogP contribution in [0.5, 0.6) is 5.75 Å². The van der Waals surface area contributed by atoms with Crippen molar-refractivity contribution in [1.82, 2.24) is 0 Å². The maximum Gasteiger partial charge on any atom is 0.490 e. The zero-order valence-corrected chi connectivity index (χ0v) is 20.8. The Morgan fingerprint density at radius 1 is 0.846 bits per heavy atom. The largest absolute Gasteiger partial charge is 0.497 e. The number of alkyl halides is 3. The molecule has 1 heterocycles. The van der Waals surface area contributed by atoms with Crippen LogP contribution >= 0.6 is 0 Å². The lowest BCUT2D eigenvalue weighted by Crippen LogP contribution is -2.47. The number of rotatable bonds is 6. The molecular formula is C27H26F3N3O6. The number of anilines is 3. The molecule has 0 unspecified atom stereocenters. The molecule has 1 aliphatic rings. The average Bonchev–Trinajstić information content (AvgIpc) is 2.93. The molecule has 1 fully saturated rings. The van der Waals surface area contributed by atoms with Crippen molar-refractivity contribution in [2.75, 3.05) is 48.4 Å². The van der Waals surface area contributed by atoms with Gasteiger partial charge >= 0.3 is 18.1 Å². The number of ether oxygens (including phenoxy) is 1. The number of amides is 1.